The molecule has 0 unspecified atom stereocenters. The Morgan fingerprint density at radius 1 is 1.30 bits per heavy atom. The summed E-state index contributed by atoms with van der Waals surface area (Å²) >= 11 is 6.04. The fourth-order valence-electron chi connectivity index (χ4n) is 3.80. The minimum absolute atomic E-state index is 0.711. The number of hydrogen-bond donors (Lipinski definition) is 2. The van der Waals surface area contributed by atoms with Gasteiger partial charge in [0.2, 0.25) is 0 Å². The average Bonchev–Trinajstić information content (AvgIpc) is 3.02. The summed E-state index contributed by atoms with van der Waals surface area (Å²) in [7, 11) is 0. The van der Waals surface area contributed by atoms with Crippen LogP contribution in [0.3, 0.4) is 0 Å². The summed E-state index contributed by atoms with van der Waals surface area (Å²) in [5.74, 6) is 0.850. The highest BCUT2D eigenvalue weighted by molar-refractivity contribution is 6.31. The first-order valence-corrected chi connectivity index (χ1v) is 7.88. The number of hydrogen-bond acceptors (Lipinski definition) is 2. The molecule has 0 amide bonds. The van der Waals surface area contributed by atoms with Gasteiger partial charge in [-0.1, -0.05) is 17.7 Å². The summed E-state index contributed by atoms with van der Waals surface area (Å²) in [6.07, 6.45) is 4.86. The largest absolute Gasteiger partial charge is 0.361 e. The topological polar surface area (TPSA) is 31.1 Å². The molecule has 0 aliphatic carbocycles. The van der Waals surface area contributed by atoms with Crippen LogP contribution in [0.4, 0.5) is 0 Å². The van der Waals surface area contributed by atoms with Crippen molar-refractivity contribution in [3.8, 4) is 0 Å². The first-order chi connectivity index (χ1) is 9.79. The number of rotatable bonds is 2. The second kappa shape index (κ2) is 5.06. The summed E-state index contributed by atoms with van der Waals surface area (Å²) in [5.41, 5.74) is 2.53. The Balaban J connectivity index is 1.53. The second-order valence-corrected chi connectivity index (χ2v) is 6.60. The van der Waals surface area contributed by atoms with Crippen molar-refractivity contribution in [3.05, 3.63) is 35.0 Å². The predicted octanol–water partition coefficient (Wildman–Crippen LogP) is 3.01. The molecule has 2 N–H and O–H groups in total. The molecule has 1 aromatic heterocycles. The monoisotopic (exact) mass is 289 g/mol. The lowest BCUT2D eigenvalue weighted by atomic mass is 9.94. The molecule has 0 bridgehead atoms. The van der Waals surface area contributed by atoms with Crippen LogP contribution in [0.25, 0.3) is 10.9 Å². The van der Waals surface area contributed by atoms with E-state index in [1.807, 2.05) is 12.1 Å². The number of H-pyrrole nitrogens is 1. The number of aromatic nitrogens is 1. The maximum absolute atomic E-state index is 6.04. The first kappa shape index (κ1) is 12.7. The lowest BCUT2D eigenvalue weighted by Gasteiger charge is -2.24. The van der Waals surface area contributed by atoms with E-state index in [2.05, 4.69) is 27.5 Å². The second-order valence-electron chi connectivity index (χ2n) is 6.16. The van der Waals surface area contributed by atoms with Gasteiger partial charge in [0.05, 0.1) is 0 Å². The van der Waals surface area contributed by atoms with Gasteiger partial charge < -0.3 is 10.3 Å². The van der Waals surface area contributed by atoms with Crippen LogP contribution in [-0.4, -0.2) is 35.6 Å². The van der Waals surface area contributed by atoms with Gasteiger partial charge >= 0.3 is 0 Å². The summed E-state index contributed by atoms with van der Waals surface area (Å²) in [5, 5.41) is 5.77. The van der Waals surface area contributed by atoms with Gasteiger partial charge in [-0.15, -0.1) is 0 Å². The average molecular weight is 290 g/mol. The number of likely N-dealkylation sites (tertiary alicyclic amines) is 1. The molecule has 0 radical (unpaired) electrons. The van der Waals surface area contributed by atoms with Gasteiger partial charge in [-0.3, -0.25) is 4.90 Å². The van der Waals surface area contributed by atoms with Crippen LogP contribution in [0, 0.1) is 5.92 Å². The zero-order valence-corrected chi connectivity index (χ0v) is 12.3. The van der Waals surface area contributed by atoms with Crippen molar-refractivity contribution in [2.24, 2.45) is 5.92 Å². The molecule has 2 aliphatic heterocycles. The minimum atomic E-state index is 0.711. The van der Waals surface area contributed by atoms with Gasteiger partial charge in [0.15, 0.2) is 0 Å². The Kier molecular flexibility index (Phi) is 3.21. The summed E-state index contributed by atoms with van der Waals surface area (Å²) in [6.45, 7) is 4.65. The van der Waals surface area contributed by atoms with E-state index in [1.165, 1.54) is 43.4 Å². The lowest BCUT2D eigenvalue weighted by Crippen LogP contribution is -2.40. The van der Waals surface area contributed by atoms with E-state index in [0.29, 0.717) is 6.04 Å². The molecule has 0 saturated carbocycles. The number of piperidine rings is 1. The van der Waals surface area contributed by atoms with Crippen molar-refractivity contribution in [1.29, 1.82) is 0 Å². The number of nitrogens with zero attached hydrogens (tertiary/aromatic N) is 1. The molecular weight excluding hydrogens is 270 g/mol. The molecule has 4 heteroatoms. The Morgan fingerprint density at radius 2 is 2.25 bits per heavy atom. The molecule has 2 fully saturated rings. The van der Waals surface area contributed by atoms with Crippen LogP contribution in [0.5, 0.6) is 0 Å². The van der Waals surface area contributed by atoms with E-state index in [4.69, 9.17) is 11.6 Å². The van der Waals surface area contributed by atoms with E-state index >= 15 is 0 Å². The molecule has 3 nitrogen and oxygen atoms in total. The van der Waals surface area contributed by atoms with Crippen molar-refractivity contribution >= 4 is 22.5 Å². The van der Waals surface area contributed by atoms with Gasteiger partial charge in [0.25, 0.3) is 0 Å². The zero-order valence-electron chi connectivity index (χ0n) is 11.5. The van der Waals surface area contributed by atoms with Crippen LogP contribution in [0.1, 0.15) is 18.4 Å². The van der Waals surface area contributed by atoms with Crippen molar-refractivity contribution < 1.29 is 0 Å². The number of fused-ring (bicyclic) bond motifs is 2. The summed E-state index contributed by atoms with van der Waals surface area (Å²) in [4.78, 5) is 5.93. The quantitative estimate of drug-likeness (QED) is 0.890. The fourth-order valence-corrected chi connectivity index (χ4v) is 3.97. The van der Waals surface area contributed by atoms with Crippen molar-refractivity contribution in [2.75, 3.05) is 19.6 Å². The summed E-state index contributed by atoms with van der Waals surface area (Å²) < 4.78 is 0. The highest BCUT2D eigenvalue weighted by atomic mass is 35.5. The maximum atomic E-state index is 6.04. The number of halogens is 1. The highest BCUT2D eigenvalue weighted by Gasteiger charge is 2.34. The Hall–Kier alpha value is -1.03. The summed E-state index contributed by atoms with van der Waals surface area (Å²) in [6, 6.07) is 6.83. The van der Waals surface area contributed by atoms with Gasteiger partial charge in [0, 0.05) is 47.8 Å². The Bertz CT molecular complexity index is 607. The van der Waals surface area contributed by atoms with Crippen LogP contribution < -0.4 is 5.32 Å². The molecule has 2 saturated heterocycles. The molecule has 1 aromatic carbocycles. The van der Waals surface area contributed by atoms with E-state index in [1.54, 1.807) is 0 Å². The normalized spacial score (nSPS) is 27.1. The Morgan fingerprint density at radius 3 is 3.15 bits per heavy atom. The third-order valence-electron chi connectivity index (χ3n) is 4.80. The molecule has 2 aliphatic rings. The molecule has 106 valence electrons. The molecule has 20 heavy (non-hydrogen) atoms. The SMILES string of the molecule is Clc1ccc2c(CN3C[C@@H]4CCCN[C@@H]4C3)c[nH]c2c1. The predicted molar refractivity (Wildman–Crippen MR) is 83.1 cm³/mol. The molecule has 2 aromatic rings. The molecule has 3 heterocycles. The zero-order chi connectivity index (χ0) is 13.5. The van der Waals surface area contributed by atoms with E-state index in [9.17, 15) is 0 Å². The van der Waals surface area contributed by atoms with Gasteiger partial charge in [-0.25, -0.2) is 0 Å². The number of nitrogens with one attached hydrogen (secondary N) is 2. The van der Waals surface area contributed by atoms with Crippen LogP contribution >= 0.6 is 11.6 Å². The third-order valence-corrected chi connectivity index (χ3v) is 5.03. The first-order valence-electron chi connectivity index (χ1n) is 7.51. The highest BCUT2D eigenvalue weighted by Crippen LogP contribution is 2.28. The van der Waals surface area contributed by atoms with Crippen LogP contribution in [-0.2, 0) is 6.54 Å². The molecule has 0 spiro atoms. The number of aromatic amines is 1. The van der Waals surface area contributed by atoms with E-state index in [0.717, 1.165) is 23.0 Å². The van der Waals surface area contributed by atoms with E-state index < -0.39 is 0 Å². The maximum Gasteiger partial charge on any atom is 0.0472 e. The van der Waals surface area contributed by atoms with Crippen molar-refractivity contribution in [2.45, 2.75) is 25.4 Å². The van der Waals surface area contributed by atoms with Crippen molar-refractivity contribution in [3.63, 3.8) is 0 Å². The number of benzene rings is 1. The molecule has 2 atom stereocenters. The molecule has 4 rings (SSSR count). The van der Waals surface area contributed by atoms with Gasteiger partial charge in [0.1, 0.15) is 0 Å². The van der Waals surface area contributed by atoms with Gasteiger partial charge in [-0.05, 0) is 43.0 Å². The van der Waals surface area contributed by atoms with Gasteiger partial charge in [-0.2, -0.15) is 0 Å². The van der Waals surface area contributed by atoms with E-state index in [-0.39, 0.29) is 0 Å². The Labute approximate surface area is 124 Å². The standard InChI is InChI=1S/C16H20ClN3/c17-13-3-4-14-12(7-19-15(14)6-13)9-20-8-11-2-1-5-18-16(11)10-20/h3-4,6-7,11,16,18-19H,1-2,5,8-10H2/t11-,16+/m0/s1. The molecular formula is C16H20ClN3. The fraction of sp³-hybridized carbons (Fsp3) is 0.500. The van der Waals surface area contributed by atoms with Crippen LogP contribution in [0.15, 0.2) is 24.4 Å². The minimum Gasteiger partial charge on any atom is -0.361 e. The smallest absolute Gasteiger partial charge is 0.0472 e. The van der Waals surface area contributed by atoms with Crippen molar-refractivity contribution in [1.82, 2.24) is 15.2 Å². The van der Waals surface area contributed by atoms with Crippen LogP contribution in [0.2, 0.25) is 5.02 Å². The lowest BCUT2D eigenvalue weighted by molar-refractivity contribution is 0.313. The third kappa shape index (κ3) is 2.24.